The molecule has 0 fully saturated rings. The maximum absolute atomic E-state index is 12.4. The zero-order valence-electron chi connectivity index (χ0n) is 14.2. The third-order valence-electron chi connectivity index (χ3n) is 3.78. The van der Waals surface area contributed by atoms with E-state index in [-0.39, 0.29) is 18.0 Å². The SMILES string of the molecule is Cc1cccc(OCCNC(=O)Cn2cnc3ccc(Cl)cc3c2=O)c1. The minimum atomic E-state index is -0.302. The lowest BCUT2D eigenvalue weighted by Crippen LogP contribution is -2.34. The molecule has 1 heterocycles. The van der Waals surface area contributed by atoms with Crippen LogP contribution in [0.3, 0.4) is 0 Å². The number of ether oxygens (including phenoxy) is 1. The van der Waals surface area contributed by atoms with Crippen LogP contribution >= 0.6 is 11.6 Å². The molecule has 0 aliphatic rings. The number of hydrogen-bond acceptors (Lipinski definition) is 4. The number of amides is 1. The van der Waals surface area contributed by atoms with E-state index < -0.39 is 0 Å². The molecular weight excluding hydrogens is 354 g/mol. The van der Waals surface area contributed by atoms with Crippen molar-refractivity contribution in [3.05, 3.63) is 69.7 Å². The van der Waals surface area contributed by atoms with Crippen molar-refractivity contribution in [3.8, 4) is 5.75 Å². The highest BCUT2D eigenvalue weighted by molar-refractivity contribution is 6.31. The Morgan fingerprint density at radius 3 is 2.92 bits per heavy atom. The first kappa shape index (κ1) is 17.9. The number of rotatable bonds is 6. The van der Waals surface area contributed by atoms with Gasteiger partial charge in [0.25, 0.3) is 5.56 Å². The van der Waals surface area contributed by atoms with Gasteiger partial charge >= 0.3 is 0 Å². The lowest BCUT2D eigenvalue weighted by Gasteiger charge is -2.09. The topological polar surface area (TPSA) is 73.2 Å². The molecule has 2 aromatic carbocycles. The first-order chi connectivity index (χ1) is 12.5. The van der Waals surface area contributed by atoms with Crippen LogP contribution in [-0.2, 0) is 11.3 Å². The maximum Gasteiger partial charge on any atom is 0.261 e. The summed E-state index contributed by atoms with van der Waals surface area (Å²) in [4.78, 5) is 28.7. The second-order valence-corrected chi connectivity index (χ2v) is 6.29. The lowest BCUT2D eigenvalue weighted by atomic mass is 10.2. The molecule has 3 rings (SSSR count). The Bertz CT molecular complexity index is 1000. The number of carbonyl (C=O) groups is 1. The average Bonchev–Trinajstić information content (AvgIpc) is 2.62. The van der Waals surface area contributed by atoms with E-state index in [0.29, 0.717) is 29.1 Å². The molecule has 0 aliphatic heterocycles. The van der Waals surface area contributed by atoms with Crippen molar-refractivity contribution in [2.45, 2.75) is 13.5 Å². The van der Waals surface area contributed by atoms with Crippen molar-refractivity contribution < 1.29 is 9.53 Å². The van der Waals surface area contributed by atoms with Gasteiger partial charge in [0, 0.05) is 5.02 Å². The Morgan fingerprint density at radius 2 is 2.12 bits per heavy atom. The van der Waals surface area contributed by atoms with Crippen molar-refractivity contribution in [2.75, 3.05) is 13.2 Å². The van der Waals surface area contributed by atoms with Gasteiger partial charge in [-0.1, -0.05) is 23.7 Å². The molecule has 134 valence electrons. The van der Waals surface area contributed by atoms with Crippen molar-refractivity contribution in [3.63, 3.8) is 0 Å². The fourth-order valence-corrected chi connectivity index (χ4v) is 2.69. The van der Waals surface area contributed by atoms with E-state index in [0.717, 1.165) is 11.3 Å². The minimum Gasteiger partial charge on any atom is -0.492 e. The molecule has 0 atom stereocenters. The van der Waals surface area contributed by atoms with E-state index in [1.807, 2.05) is 31.2 Å². The van der Waals surface area contributed by atoms with Crippen molar-refractivity contribution in [1.82, 2.24) is 14.9 Å². The third kappa shape index (κ3) is 4.40. The van der Waals surface area contributed by atoms with Gasteiger partial charge in [-0.15, -0.1) is 0 Å². The third-order valence-corrected chi connectivity index (χ3v) is 4.02. The molecule has 0 saturated heterocycles. The second kappa shape index (κ2) is 8.01. The van der Waals surface area contributed by atoms with Gasteiger partial charge in [-0.3, -0.25) is 14.2 Å². The molecule has 0 radical (unpaired) electrons. The number of aryl methyl sites for hydroxylation is 1. The zero-order chi connectivity index (χ0) is 18.5. The summed E-state index contributed by atoms with van der Waals surface area (Å²) >= 11 is 5.92. The number of hydrogen-bond donors (Lipinski definition) is 1. The number of aromatic nitrogens is 2. The lowest BCUT2D eigenvalue weighted by molar-refractivity contribution is -0.121. The fourth-order valence-electron chi connectivity index (χ4n) is 2.52. The smallest absolute Gasteiger partial charge is 0.261 e. The summed E-state index contributed by atoms with van der Waals surface area (Å²) in [5.74, 6) is 0.467. The van der Waals surface area contributed by atoms with Gasteiger partial charge in [0.05, 0.1) is 23.8 Å². The number of fused-ring (bicyclic) bond motifs is 1. The van der Waals surface area contributed by atoms with Crippen molar-refractivity contribution in [1.29, 1.82) is 0 Å². The highest BCUT2D eigenvalue weighted by atomic mass is 35.5. The molecule has 0 bridgehead atoms. The van der Waals surface area contributed by atoms with Crippen LogP contribution in [0.5, 0.6) is 5.75 Å². The molecule has 26 heavy (non-hydrogen) atoms. The van der Waals surface area contributed by atoms with E-state index in [2.05, 4.69) is 10.3 Å². The minimum absolute atomic E-state index is 0.112. The van der Waals surface area contributed by atoms with Gasteiger partial charge in [-0.2, -0.15) is 0 Å². The van der Waals surface area contributed by atoms with Gasteiger partial charge < -0.3 is 10.1 Å². The maximum atomic E-state index is 12.4. The number of nitrogens with zero attached hydrogens (tertiary/aromatic N) is 2. The summed E-state index contributed by atoms with van der Waals surface area (Å²) in [5.41, 5.74) is 1.35. The predicted molar refractivity (Wildman–Crippen MR) is 101 cm³/mol. The standard InChI is InChI=1S/C19H18ClN3O3/c1-13-3-2-4-15(9-13)26-8-7-21-18(24)11-23-12-22-17-6-5-14(20)10-16(17)19(23)25/h2-6,9-10,12H,7-8,11H2,1H3,(H,21,24). The quantitative estimate of drug-likeness (QED) is 0.676. The second-order valence-electron chi connectivity index (χ2n) is 5.85. The van der Waals surface area contributed by atoms with Gasteiger partial charge in [-0.25, -0.2) is 4.98 Å². The van der Waals surface area contributed by atoms with E-state index >= 15 is 0 Å². The first-order valence-corrected chi connectivity index (χ1v) is 8.51. The molecule has 1 aromatic heterocycles. The molecular formula is C19H18ClN3O3. The number of benzene rings is 2. The molecule has 3 aromatic rings. The predicted octanol–water partition coefficient (Wildman–Crippen LogP) is 2.55. The molecule has 7 heteroatoms. The molecule has 6 nitrogen and oxygen atoms in total. The normalized spacial score (nSPS) is 10.7. The van der Waals surface area contributed by atoms with Crippen LogP contribution in [0.15, 0.2) is 53.6 Å². The van der Waals surface area contributed by atoms with E-state index in [1.54, 1.807) is 18.2 Å². The number of carbonyl (C=O) groups excluding carboxylic acids is 1. The number of halogens is 1. The Hall–Kier alpha value is -2.86. The van der Waals surface area contributed by atoms with Crippen molar-refractivity contribution >= 4 is 28.4 Å². The average molecular weight is 372 g/mol. The van der Waals surface area contributed by atoms with Crippen molar-refractivity contribution in [2.24, 2.45) is 0 Å². The Morgan fingerprint density at radius 1 is 1.27 bits per heavy atom. The van der Waals surface area contributed by atoms with Gasteiger partial charge in [0.1, 0.15) is 18.9 Å². The summed E-state index contributed by atoms with van der Waals surface area (Å²) in [6.45, 7) is 2.56. The largest absolute Gasteiger partial charge is 0.492 e. The summed E-state index contributed by atoms with van der Waals surface area (Å²) in [6.07, 6.45) is 1.36. The van der Waals surface area contributed by atoms with Crippen LogP contribution in [0, 0.1) is 6.92 Å². The molecule has 0 aliphatic carbocycles. The molecule has 1 amide bonds. The highest BCUT2D eigenvalue weighted by Crippen LogP contribution is 2.14. The highest BCUT2D eigenvalue weighted by Gasteiger charge is 2.08. The zero-order valence-corrected chi connectivity index (χ0v) is 15.0. The summed E-state index contributed by atoms with van der Waals surface area (Å²) < 4.78 is 6.83. The Labute approximate surface area is 155 Å². The summed E-state index contributed by atoms with van der Waals surface area (Å²) in [7, 11) is 0. The first-order valence-electron chi connectivity index (χ1n) is 8.14. The molecule has 0 spiro atoms. The molecule has 1 N–H and O–H groups in total. The van der Waals surface area contributed by atoms with E-state index in [4.69, 9.17) is 16.3 Å². The van der Waals surface area contributed by atoms with Crippen LogP contribution in [-0.4, -0.2) is 28.6 Å². The Balaban J connectivity index is 1.56. The van der Waals surface area contributed by atoms with E-state index in [1.165, 1.54) is 10.9 Å². The van der Waals surface area contributed by atoms with Crippen LogP contribution in [0.2, 0.25) is 5.02 Å². The Kier molecular flexibility index (Phi) is 5.53. The van der Waals surface area contributed by atoms with Gasteiger partial charge in [0.2, 0.25) is 5.91 Å². The van der Waals surface area contributed by atoms with Gasteiger partial charge in [0.15, 0.2) is 0 Å². The molecule has 0 unspecified atom stereocenters. The molecule has 0 saturated carbocycles. The van der Waals surface area contributed by atoms with Crippen LogP contribution < -0.4 is 15.6 Å². The number of nitrogens with one attached hydrogen (secondary N) is 1. The van der Waals surface area contributed by atoms with E-state index in [9.17, 15) is 9.59 Å². The van der Waals surface area contributed by atoms with Crippen LogP contribution in [0.1, 0.15) is 5.56 Å². The van der Waals surface area contributed by atoms with Crippen LogP contribution in [0.25, 0.3) is 10.9 Å². The fraction of sp³-hybridized carbons (Fsp3) is 0.211. The summed E-state index contributed by atoms with van der Waals surface area (Å²) in [5, 5.41) is 3.56. The summed E-state index contributed by atoms with van der Waals surface area (Å²) in [6, 6.07) is 12.6. The monoisotopic (exact) mass is 371 g/mol. The van der Waals surface area contributed by atoms with Crippen LogP contribution in [0.4, 0.5) is 0 Å². The van der Waals surface area contributed by atoms with Gasteiger partial charge in [-0.05, 0) is 42.8 Å².